The molecule has 0 aliphatic heterocycles. The van der Waals surface area contributed by atoms with Gasteiger partial charge in [-0.25, -0.2) is 8.42 Å². The van der Waals surface area contributed by atoms with E-state index in [1.165, 1.54) is 6.07 Å². The number of rotatable bonds is 3. The largest absolute Gasteiger partial charge is 0.389 e. The van der Waals surface area contributed by atoms with Crippen molar-refractivity contribution in [3.63, 3.8) is 0 Å². The van der Waals surface area contributed by atoms with Crippen LogP contribution in [0, 0.1) is 11.3 Å². The van der Waals surface area contributed by atoms with Crippen LogP contribution in [0.4, 0.5) is 0 Å². The normalized spacial score (nSPS) is 11.9. The van der Waals surface area contributed by atoms with Crippen LogP contribution in [-0.4, -0.2) is 19.7 Å². The molecule has 1 rings (SSSR count). The van der Waals surface area contributed by atoms with Crippen LogP contribution < -0.4 is 0 Å². The second kappa shape index (κ2) is 5.28. The maximum atomic E-state index is 11.0. The van der Waals surface area contributed by atoms with Crippen molar-refractivity contribution in [2.75, 3.05) is 6.26 Å². The van der Waals surface area contributed by atoms with Crippen molar-refractivity contribution in [1.29, 1.82) is 5.26 Å². The van der Waals surface area contributed by atoms with Crippen LogP contribution in [0.25, 0.3) is 0 Å². The van der Waals surface area contributed by atoms with E-state index in [1.54, 1.807) is 0 Å². The summed E-state index contributed by atoms with van der Waals surface area (Å²) in [7, 11) is -3.61. The van der Waals surface area contributed by atoms with E-state index in [0.717, 1.165) is 11.8 Å². The third-order valence-corrected chi connectivity index (χ3v) is 2.54. The number of oxime groups is 1. The van der Waals surface area contributed by atoms with Crippen LogP contribution in [0.5, 0.6) is 0 Å². The molecular weight excluding hydrogens is 228 g/mol. The zero-order valence-electron chi connectivity index (χ0n) is 8.62. The van der Waals surface area contributed by atoms with Crippen molar-refractivity contribution in [1.82, 2.24) is 0 Å². The molecular formula is C10H10N2O3S. The summed E-state index contributed by atoms with van der Waals surface area (Å²) in [5, 5.41) is 11.2. The summed E-state index contributed by atoms with van der Waals surface area (Å²) in [6, 6.07) is 10.6. The Morgan fingerprint density at radius 2 is 2.06 bits per heavy atom. The Morgan fingerprint density at radius 3 is 2.56 bits per heavy atom. The minimum atomic E-state index is -3.61. The number of benzene rings is 1. The topological polar surface area (TPSA) is 79.5 Å². The van der Waals surface area contributed by atoms with Gasteiger partial charge in [-0.2, -0.15) is 5.26 Å². The molecule has 0 bridgehead atoms. The molecule has 0 amide bonds. The lowest BCUT2D eigenvalue weighted by Gasteiger charge is -1.99. The lowest BCUT2D eigenvalue weighted by atomic mass is 10.2. The van der Waals surface area contributed by atoms with Crippen LogP contribution in [0.15, 0.2) is 35.5 Å². The first-order valence-corrected chi connectivity index (χ1v) is 6.27. The fourth-order valence-electron chi connectivity index (χ4n) is 0.911. The number of hydrogen-bond acceptors (Lipinski definition) is 5. The molecule has 0 aliphatic carbocycles. The molecule has 0 N–H and O–H groups in total. The zero-order chi connectivity index (χ0) is 12.0. The summed E-state index contributed by atoms with van der Waals surface area (Å²) in [4.78, 5) is 4.79. The van der Waals surface area contributed by atoms with Gasteiger partial charge >= 0.3 is 0 Å². The SMILES string of the molecule is CS(=O)(=O)C(C#N)=NOCc1ccccc1. The average molecular weight is 238 g/mol. The highest BCUT2D eigenvalue weighted by Gasteiger charge is 2.13. The van der Waals surface area contributed by atoms with Crippen molar-refractivity contribution >= 4 is 14.9 Å². The van der Waals surface area contributed by atoms with E-state index in [9.17, 15) is 8.42 Å². The summed E-state index contributed by atoms with van der Waals surface area (Å²) in [5.41, 5.74) is 0.844. The van der Waals surface area contributed by atoms with Crippen LogP contribution in [0.1, 0.15) is 5.56 Å². The quantitative estimate of drug-likeness (QED) is 0.448. The molecule has 0 spiro atoms. The van der Waals surface area contributed by atoms with Gasteiger partial charge in [0.15, 0.2) is 0 Å². The minimum Gasteiger partial charge on any atom is -0.389 e. The van der Waals surface area contributed by atoms with Gasteiger partial charge in [-0.1, -0.05) is 35.5 Å². The Kier molecular flexibility index (Phi) is 4.03. The third-order valence-electron chi connectivity index (χ3n) is 1.67. The highest BCUT2D eigenvalue weighted by molar-refractivity contribution is 8.06. The van der Waals surface area contributed by atoms with Crippen LogP contribution in [-0.2, 0) is 21.3 Å². The number of nitrogens with zero attached hydrogens (tertiary/aromatic N) is 2. The molecule has 5 nitrogen and oxygen atoms in total. The van der Waals surface area contributed by atoms with Crippen molar-refractivity contribution in [2.24, 2.45) is 5.16 Å². The molecule has 84 valence electrons. The van der Waals surface area contributed by atoms with Gasteiger partial charge in [-0.15, -0.1) is 0 Å². The summed E-state index contributed by atoms with van der Waals surface area (Å²) >= 11 is 0. The number of hydrogen-bond donors (Lipinski definition) is 0. The highest BCUT2D eigenvalue weighted by atomic mass is 32.2. The first-order chi connectivity index (χ1) is 7.54. The Labute approximate surface area is 93.9 Å². The van der Waals surface area contributed by atoms with Gasteiger partial charge < -0.3 is 4.84 Å². The van der Waals surface area contributed by atoms with Crippen molar-refractivity contribution in [2.45, 2.75) is 6.61 Å². The second-order valence-corrected chi connectivity index (χ2v) is 4.97. The van der Waals surface area contributed by atoms with Gasteiger partial charge in [-0.3, -0.25) is 0 Å². The minimum absolute atomic E-state index is 0.127. The van der Waals surface area contributed by atoms with E-state index in [-0.39, 0.29) is 6.61 Å². The molecule has 1 aromatic carbocycles. The molecule has 0 heterocycles. The Bertz CT molecular complexity index is 515. The summed E-state index contributed by atoms with van der Waals surface area (Å²) in [5.74, 6) is 0. The molecule has 16 heavy (non-hydrogen) atoms. The molecule has 1 aromatic rings. The van der Waals surface area contributed by atoms with Gasteiger partial charge in [-0.05, 0) is 5.56 Å². The lowest BCUT2D eigenvalue weighted by molar-refractivity contribution is 0.131. The summed E-state index contributed by atoms with van der Waals surface area (Å²) in [6.45, 7) is 0.127. The van der Waals surface area contributed by atoms with Gasteiger partial charge in [0, 0.05) is 6.26 Å². The van der Waals surface area contributed by atoms with E-state index in [1.807, 2.05) is 30.3 Å². The Hall–Kier alpha value is -1.87. The standard InChI is InChI=1S/C10H10N2O3S/c1-16(13,14)10(7-11)12-15-8-9-5-3-2-4-6-9/h2-6H,8H2,1H3. The fourth-order valence-corrected chi connectivity index (χ4v) is 1.26. The van der Waals surface area contributed by atoms with Crippen LogP contribution >= 0.6 is 0 Å². The van der Waals surface area contributed by atoms with E-state index in [2.05, 4.69) is 5.16 Å². The van der Waals surface area contributed by atoms with Gasteiger partial charge in [0.05, 0.1) is 0 Å². The molecule has 0 aliphatic rings. The average Bonchev–Trinajstić information content (AvgIpc) is 2.24. The third kappa shape index (κ3) is 3.71. The first-order valence-electron chi connectivity index (χ1n) is 4.38. The first kappa shape index (κ1) is 12.2. The lowest BCUT2D eigenvalue weighted by Crippen LogP contribution is -2.10. The predicted octanol–water partition coefficient (Wildman–Crippen LogP) is 1.08. The van der Waals surface area contributed by atoms with Crippen molar-refractivity contribution in [3.05, 3.63) is 35.9 Å². The van der Waals surface area contributed by atoms with E-state index < -0.39 is 14.9 Å². The maximum Gasteiger partial charge on any atom is 0.270 e. The van der Waals surface area contributed by atoms with Gasteiger partial charge in [0.2, 0.25) is 9.84 Å². The van der Waals surface area contributed by atoms with Crippen molar-refractivity contribution in [3.8, 4) is 6.07 Å². The molecule has 0 fully saturated rings. The zero-order valence-corrected chi connectivity index (χ0v) is 9.44. The van der Waals surface area contributed by atoms with Gasteiger partial charge in [0.1, 0.15) is 12.7 Å². The monoisotopic (exact) mass is 238 g/mol. The highest BCUT2D eigenvalue weighted by Crippen LogP contribution is 2.01. The molecule has 6 heteroatoms. The number of sulfone groups is 1. The van der Waals surface area contributed by atoms with Crippen LogP contribution in [0.3, 0.4) is 0 Å². The molecule has 0 unspecified atom stereocenters. The predicted molar refractivity (Wildman–Crippen MR) is 59.1 cm³/mol. The van der Waals surface area contributed by atoms with E-state index >= 15 is 0 Å². The van der Waals surface area contributed by atoms with Crippen LogP contribution in [0.2, 0.25) is 0 Å². The summed E-state index contributed by atoms with van der Waals surface area (Å²) in [6.07, 6.45) is 0.904. The molecule has 0 saturated heterocycles. The second-order valence-electron chi connectivity index (χ2n) is 3.04. The molecule has 0 atom stereocenters. The smallest absolute Gasteiger partial charge is 0.270 e. The van der Waals surface area contributed by atoms with Crippen molar-refractivity contribution < 1.29 is 13.3 Å². The Balaban J connectivity index is 2.65. The molecule has 0 saturated carbocycles. The maximum absolute atomic E-state index is 11.0. The fraction of sp³-hybridized carbons (Fsp3) is 0.200. The number of nitriles is 1. The van der Waals surface area contributed by atoms with E-state index in [0.29, 0.717) is 0 Å². The molecule has 0 aromatic heterocycles. The van der Waals surface area contributed by atoms with E-state index in [4.69, 9.17) is 10.1 Å². The molecule has 0 radical (unpaired) electrons. The summed E-state index contributed by atoms with van der Waals surface area (Å²) < 4.78 is 21.9. The van der Waals surface area contributed by atoms with Gasteiger partial charge in [0.25, 0.3) is 5.04 Å². The Morgan fingerprint density at radius 1 is 1.44 bits per heavy atom.